The number of nitrogens with one attached hydrogen (secondary N) is 1. The Labute approximate surface area is 127 Å². The number of ether oxygens (including phenoxy) is 1. The van der Waals surface area contributed by atoms with Crippen LogP contribution in [0.5, 0.6) is 0 Å². The topological polar surface area (TPSA) is 107 Å². The number of terminal acetylenes is 1. The van der Waals surface area contributed by atoms with Crippen molar-refractivity contribution in [3.8, 4) is 12.3 Å². The van der Waals surface area contributed by atoms with Gasteiger partial charge in [0, 0.05) is 6.20 Å². The van der Waals surface area contributed by atoms with E-state index >= 15 is 0 Å². The zero-order valence-electron chi connectivity index (χ0n) is 11.8. The van der Waals surface area contributed by atoms with E-state index in [1.807, 2.05) is 0 Å². The lowest BCUT2D eigenvalue weighted by molar-refractivity contribution is -0.120. The van der Waals surface area contributed by atoms with E-state index in [2.05, 4.69) is 21.2 Å². The van der Waals surface area contributed by atoms with Gasteiger partial charge in [-0.15, -0.1) is 6.42 Å². The van der Waals surface area contributed by atoms with Gasteiger partial charge in [0.15, 0.2) is 5.16 Å². The van der Waals surface area contributed by atoms with Gasteiger partial charge in [-0.2, -0.15) is 0 Å². The fraction of sp³-hybridized carbons (Fsp3) is 0.385. The number of thioether (sulfide) groups is 1. The van der Waals surface area contributed by atoms with E-state index in [9.17, 15) is 9.59 Å². The first-order chi connectivity index (χ1) is 9.99. The van der Waals surface area contributed by atoms with Crippen molar-refractivity contribution < 1.29 is 14.3 Å². The molecule has 0 spiro atoms. The monoisotopic (exact) mass is 308 g/mol. The molecule has 0 aliphatic heterocycles. The molecule has 0 aliphatic rings. The molecule has 1 aromatic rings. The third kappa shape index (κ3) is 4.96. The van der Waals surface area contributed by atoms with E-state index in [1.54, 1.807) is 13.8 Å². The maximum atomic E-state index is 11.7. The molecule has 1 unspecified atom stereocenters. The van der Waals surface area contributed by atoms with Crippen LogP contribution in [0.15, 0.2) is 11.4 Å². The highest BCUT2D eigenvalue weighted by Gasteiger charge is 2.18. The third-order valence-corrected chi connectivity index (χ3v) is 3.28. The highest BCUT2D eigenvalue weighted by atomic mass is 32.2. The molecule has 0 saturated carbocycles. The van der Waals surface area contributed by atoms with E-state index in [4.69, 9.17) is 16.9 Å². The van der Waals surface area contributed by atoms with Crippen molar-refractivity contribution in [1.82, 2.24) is 15.3 Å². The van der Waals surface area contributed by atoms with Gasteiger partial charge in [-0.1, -0.05) is 17.7 Å². The van der Waals surface area contributed by atoms with Crippen molar-refractivity contribution in [3.05, 3.63) is 11.8 Å². The Hall–Kier alpha value is -2.27. The number of carbonyl (C=O) groups excluding carboxylic acids is 2. The molecular weight excluding hydrogens is 292 g/mol. The number of esters is 1. The summed E-state index contributed by atoms with van der Waals surface area (Å²) in [7, 11) is 0. The molecule has 0 bridgehead atoms. The molecule has 3 N–H and O–H groups in total. The van der Waals surface area contributed by atoms with Gasteiger partial charge in [-0.3, -0.25) is 4.79 Å². The van der Waals surface area contributed by atoms with Crippen LogP contribution in [0.3, 0.4) is 0 Å². The second-order valence-electron chi connectivity index (χ2n) is 3.85. The fourth-order valence-electron chi connectivity index (χ4n) is 1.29. The molecule has 1 amide bonds. The Morgan fingerprint density at radius 1 is 1.62 bits per heavy atom. The van der Waals surface area contributed by atoms with Crippen LogP contribution in [0, 0.1) is 12.3 Å². The van der Waals surface area contributed by atoms with Crippen LogP contribution in [-0.4, -0.2) is 40.2 Å². The second kappa shape index (κ2) is 8.11. The predicted octanol–water partition coefficient (Wildman–Crippen LogP) is 0.465. The normalized spacial score (nSPS) is 11.3. The number of nitrogen functional groups attached to an aromatic ring is 1. The smallest absolute Gasteiger partial charge is 0.343 e. The van der Waals surface area contributed by atoms with Gasteiger partial charge in [0.05, 0.1) is 18.4 Å². The lowest BCUT2D eigenvalue weighted by Crippen LogP contribution is -2.31. The molecule has 1 atom stereocenters. The van der Waals surface area contributed by atoms with E-state index in [0.29, 0.717) is 5.16 Å². The first-order valence-corrected chi connectivity index (χ1v) is 7.05. The summed E-state index contributed by atoms with van der Waals surface area (Å²) in [5.41, 5.74) is 5.79. The molecule has 112 valence electrons. The molecule has 0 aliphatic carbocycles. The second-order valence-corrected chi connectivity index (χ2v) is 5.16. The molecule has 21 heavy (non-hydrogen) atoms. The third-order valence-electron chi connectivity index (χ3n) is 2.31. The molecule has 0 radical (unpaired) electrons. The minimum Gasteiger partial charge on any atom is -0.462 e. The van der Waals surface area contributed by atoms with E-state index in [-0.39, 0.29) is 30.4 Å². The number of hydrogen-bond donors (Lipinski definition) is 2. The molecule has 7 nitrogen and oxygen atoms in total. The van der Waals surface area contributed by atoms with E-state index in [0.717, 1.165) is 11.8 Å². The van der Waals surface area contributed by atoms with Crippen molar-refractivity contribution in [2.24, 2.45) is 0 Å². The molecule has 1 heterocycles. The van der Waals surface area contributed by atoms with Crippen LogP contribution < -0.4 is 11.1 Å². The summed E-state index contributed by atoms with van der Waals surface area (Å²) in [5, 5.41) is 2.41. The molecule has 1 rings (SSSR count). The van der Waals surface area contributed by atoms with Gasteiger partial charge in [-0.05, 0) is 13.8 Å². The quantitative estimate of drug-likeness (QED) is 0.340. The first-order valence-electron chi connectivity index (χ1n) is 6.17. The lowest BCUT2D eigenvalue weighted by Gasteiger charge is -2.10. The predicted molar refractivity (Wildman–Crippen MR) is 79.6 cm³/mol. The van der Waals surface area contributed by atoms with Crippen molar-refractivity contribution in [2.45, 2.75) is 24.3 Å². The lowest BCUT2D eigenvalue weighted by atomic mass is 10.3. The van der Waals surface area contributed by atoms with Gasteiger partial charge in [0.25, 0.3) is 0 Å². The Kier molecular flexibility index (Phi) is 6.49. The molecule has 1 aromatic heterocycles. The van der Waals surface area contributed by atoms with Crippen LogP contribution >= 0.6 is 11.8 Å². The number of nitrogens with zero attached hydrogens (tertiary/aromatic N) is 2. The number of anilines is 1. The fourth-order valence-corrected chi connectivity index (χ4v) is 2.07. The Morgan fingerprint density at radius 3 is 2.90 bits per heavy atom. The van der Waals surface area contributed by atoms with Crippen LogP contribution in [-0.2, 0) is 9.53 Å². The van der Waals surface area contributed by atoms with E-state index < -0.39 is 11.2 Å². The maximum Gasteiger partial charge on any atom is 0.343 e. The maximum absolute atomic E-state index is 11.7. The molecule has 0 fully saturated rings. The Morgan fingerprint density at radius 2 is 2.33 bits per heavy atom. The minimum absolute atomic E-state index is 0.0159. The standard InChI is InChI=1S/C13H16N4O3S/c1-4-6-15-11(18)8(3)21-13-16-7-9(10(14)17-13)12(19)20-5-2/h1,7-8H,5-6H2,2-3H3,(H,15,18)(H2,14,16,17). The Bertz CT molecular complexity index is 571. The molecular formula is C13H16N4O3S. The number of nitrogens with two attached hydrogens (primary N) is 1. The van der Waals surface area contributed by atoms with Gasteiger partial charge < -0.3 is 15.8 Å². The summed E-state index contributed by atoms with van der Waals surface area (Å²) in [6, 6.07) is 0. The largest absolute Gasteiger partial charge is 0.462 e. The zero-order valence-corrected chi connectivity index (χ0v) is 12.6. The number of carbonyl (C=O) groups is 2. The number of hydrogen-bond acceptors (Lipinski definition) is 7. The van der Waals surface area contributed by atoms with Crippen molar-refractivity contribution >= 4 is 29.5 Å². The van der Waals surface area contributed by atoms with Crippen molar-refractivity contribution in [3.63, 3.8) is 0 Å². The van der Waals surface area contributed by atoms with Crippen LogP contribution in [0.4, 0.5) is 5.82 Å². The average Bonchev–Trinajstić information content (AvgIpc) is 2.44. The average molecular weight is 308 g/mol. The summed E-state index contributed by atoms with van der Waals surface area (Å²) >= 11 is 1.12. The minimum atomic E-state index is -0.577. The van der Waals surface area contributed by atoms with Crippen molar-refractivity contribution in [2.75, 3.05) is 18.9 Å². The molecule has 8 heteroatoms. The van der Waals surface area contributed by atoms with Gasteiger partial charge in [0.1, 0.15) is 11.4 Å². The summed E-state index contributed by atoms with van der Waals surface area (Å²) in [5.74, 6) is 1.53. The Balaban J connectivity index is 2.74. The molecule has 0 saturated heterocycles. The summed E-state index contributed by atoms with van der Waals surface area (Å²) in [6.45, 7) is 3.78. The number of amides is 1. The highest BCUT2D eigenvalue weighted by molar-refractivity contribution is 8.00. The zero-order chi connectivity index (χ0) is 15.8. The van der Waals surface area contributed by atoms with Crippen LogP contribution in [0.1, 0.15) is 24.2 Å². The molecule has 0 aromatic carbocycles. The summed E-state index contributed by atoms with van der Waals surface area (Å²) in [6.07, 6.45) is 6.35. The summed E-state index contributed by atoms with van der Waals surface area (Å²) < 4.78 is 4.82. The number of aromatic nitrogens is 2. The van der Waals surface area contributed by atoms with Gasteiger partial charge in [0.2, 0.25) is 5.91 Å². The SMILES string of the molecule is C#CCNC(=O)C(C)Sc1ncc(C(=O)OCC)c(N)n1. The van der Waals surface area contributed by atoms with E-state index in [1.165, 1.54) is 6.20 Å². The van der Waals surface area contributed by atoms with Crippen molar-refractivity contribution in [1.29, 1.82) is 0 Å². The summed E-state index contributed by atoms with van der Waals surface area (Å²) in [4.78, 5) is 31.2. The van der Waals surface area contributed by atoms with Gasteiger partial charge in [-0.25, -0.2) is 14.8 Å². The van der Waals surface area contributed by atoms with Crippen LogP contribution in [0.25, 0.3) is 0 Å². The highest BCUT2D eigenvalue weighted by Crippen LogP contribution is 2.21. The van der Waals surface area contributed by atoms with Gasteiger partial charge >= 0.3 is 5.97 Å². The number of rotatable bonds is 6. The first kappa shape index (κ1) is 16.8. The van der Waals surface area contributed by atoms with Crippen LogP contribution in [0.2, 0.25) is 0 Å².